The number of nitrogens with one attached hydrogen (secondary N) is 1. The second-order valence-electron chi connectivity index (χ2n) is 6.09. The van der Waals surface area contributed by atoms with E-state index in [2.05, 4.69) is 14.9 Å². The molecule has 1 amide bonds. The predicted octanol–water partition coefficient (Wildman–Crippen LogP) is 1.07. The van der Waals surface area contributed by atoms with Crippen molar-refractivity contribution in [2.24, 2.45) is 0 Å². The van der Waals surface area contributed by atoms with E-state index in [0.717, 1.165) is 11.3 Å². The van der Waals surface area contributed by atoms with Crippen LogP contribution in [0.25, 0.3) is 0 Å². The number of hydrogen-bond donors (Lipinski definition) is 1. The number of benzene rings is 1. The summed E-state index contributed by atoms with van der Waals surface area (Å²) in [5.41, 5.74) is 1.65. The lowest BCUT2D eigenvalue weighted by Crippen LogP contribution is -2.33. The molecule has 0 aliphatic carbocycles. The van der Waals surface area contributed by atoms with Crippen molar-refractivity contribution in [2.45, 2.75) is 51.2 Å². The van der Waals surface area contributed by atoms with Crippen LogP contribution in [0.3, 0.4) is 0 Å². The number of nitrogens with zero attached hydrogens (tertiary/aromatic N) is 4. The Labute approximate surface area is 146 Å². The quantitative estimate of drug-likeness (QED) is 0.857. The molecule has 1 aromatic carbocycles. The second kappa shape index (κ2) is 6.57. The number of amides is 1. The molecule has 3 rings (SSSR count). The third-order valence-electron chi connectivity index (χ3n) is 4.37. The Balaban J connectivity index is 1.82. The summed E-state index contributed by atoms with van der Waals surface area (Å²) in [6.45, 7) is 6.14. The van der Waals surface area contributed by atoms with Crippen LogP contribution < -0.4 is 9.62 Å². The van der Waals surface area contributed by atoms with Gasteiger partial charge in [0.05, 0.1) is 11.4 Å². The minimum absolute atomic E-state index is 0.0292. The molecule has 2 aromatic rings. The highest BCUT2D eigenvalue weighted by molar-refractivity contribution is 7.89. The molecule has 1 unspecified atom stereocenters. The van der Waals surface area contributed by atoms with Crippen LogP contribution >= 0.6 is 0 Å². The Bertz CT molecular complexity index is 906. The minimum Gasteiger partial charge on any atom is -0.317 e. The highest BCUT2D eigenvalue weighted by Gasteiger charge is 2.30. The molecule has 0 bridgehead atoms. The fourth-order valence-electron chi connectivity index (χ4n) is 3.18. The first kappa shape index (κ1) is 17.6. The van der Waals surface area contributed by atoms with Gasteiger partial charge in [0.2, 0.25) is 15.9 Å². The summed E-state index contributed by atoms with van der Waals surface area (Å²) in [7, 11) is -3.67. The fourth-order valence-corrected chi connectivity index (χ4v) is 4.21. The molecule has 1 atom stereocenters. The van der Waals surface area contributed by atoms with Crippen LogP contribution in [0.2, 0.25) is 0 Å². The maximum atomic E-state index is 12.6. The molecule has 1 aliphatic rings. The molecular weight excluding hydrogens is 342 g/mol. The number of fused-ring (bicyclic) bond motifs is 1. The second-order valence-corrected chi connectivity index (χ2v) is 7.86. The van der Waals surface area contributed by atoms with E-state index in [4.69, 9.17) is 0 Å². The van der Waals surface area contributed by atoms with E-state index in [1.54, 1.807) is 27.9 Å². The van der Waals surface area contributed by atoms with Gasteiger partial charge in [-0.2, -0.15) is 0 Å². The topological polar surface area (TPSA) is 97.2 Å². The molecule has 0 saturated heterocycles. The maximum Gasteiger partial charge on any atom is 0.240 e. The van der Waals surface area contributed by atoms with Gasteiger partial charge in [0.25, 0.3) is 0 Å². The van der Waals surface area contributed by atoms with E-state index in [-0.39, 0.29) is 23.4 Å². The average Bonchev–Trinajstić information content (AvgIpc) is 3.14. The van der Waals surface area contributed by atoms with Gasteiger partial charge >= 0.3 is 0 Å². The highest BCUT2D eigenvalue weighted by Crippen LogP contribution is 2.33. The lowest BCUT2D eigenvalue weighted by Gasteiger charge is -2.20. The van der Waals surface area contributed by atoms with E-state index < -0.39 is 10.0 Å². The molecule has 1 aliphatic heterocycles. The molecule has 0 spiro atoms. The van der Waals surface area contributed by atoms with Gasteiger partial charge in [0.1, 0.15) is 12.2 Å². The van der Waals surface area contributed by atoms with E-state index >= 15 is 0 Å². The number of aryl methyl sites for hydroxylation is 1. The van der Waals surface area contributed by atoms with Crippen molar-refractivity contribution in [3.63, 3.8) is 0 Å². The number of hydrogen-bond acceptors (Lipinski definition) is 5. The third-order valence-corrected chi connectivity index (χ3v) is 5.77. The Hall–Kier alpha value is -2.26. The van der Waals surface area contributed by atoms with Crippen LogP contribution in [0.1, 0.15) is 32.2 Å². The van der Waals surface area contributed by atoms with Crippen LogP contribution in [-0.4, -0.2) is 35.1 Å². The fraction of sp³-hybridized carbons (Fsp3) is 0.438. The van der Waals surface area contributed by atoms with Gasteiger partial charge in [-0.1, -0.05) is 0 Å². The van der Waals surface area contributed by atoms with Crippen molar-refractivity contribution in [1.29, 1.82) is 0 Å². The first-order chi connectivity index (χ1) is 11.8. The Morgan fingerprint density at radius 2 is 2.16 bits per heavy atom. The first-order valence-corrected chi connectivity index (χ1v) is 9.61. The van der Waals surface area contributed by atoms with E-state index in [1.807, 2.05) is 13.8 Å². The molecule has 0 radical (unpaired) electrons. The summed E-state index contributed by atoms with van der Waals surface area (Å²) in [5.74, 6) is 0.516. The SMILES string of the molecule is CCn1cnnc1CNS(=O)(=O)c1ccc2c(c1)CC(C)N2C(C)=O. The Morgan fingerprint density at radius 1 is 1.40 bits per heavy atom. The molecule has 0 saturated carbocycles. The van der Waals surface area contributed by atoms with Crippen LogP contribution in [-0.2, 0) is 34.3 Å². The smallest absolute Gasteiger partial charge is 0.240 e. The zero-order valence-electron chi connectivity index (χ0n) is 14.4. The van der Waals surface area contributed by atoms with Gasteiger partial charge in [-0.15, -0.1) is 10.2 Å². The monoisotopic (exact) mass is 363 g/mol. The highest BCUT2D eigenvalue weighted by atomic mass is 32.2. The lowest BCUT2D eigenvalue weighted by atomic mass is 10.1. The summed E-state index contributed by atoms with van der Waals surface area (Å²) in [5, 5.41) is 7.71. The molecule has 2 heterocycles. The van der Waals surface area contributed by atoms with Gasteiger partial charge in [-0.05, 0) is 44.0 Å². The Morgan fingerprint density at radius 3 is 2.84 bits per heavy atom. The van der Waals surface area contributed by atoms with Gasteiger partial charge in [0, 0.05) is 25.2 Å². The number of carbonyl (C=O) groups excluding carboxylic acids is 1. The van der Waals surface area contributed by atoms with Crippen molar-refractivity contribution < 1.29 is 13.2 Å². The number of carbonyl (C=O) groups is 1. The normalized spacial score (nSPS) is 16.9. The van der Waals surface area contributed by atoms with Crippen molar-refractivity contribution in [2.75, 3.05) is 4.90 Å². The molecule has 8 nitrogen and oxygen atoms in total. The van der Waals surface area contributed by atoms with Gasteiger partial charge in [-0.3, -0.25) is 4.79 Å². The third kappa shape index (κ3) is 3.29. The van der Waals surface area contributed by atoms with Crippen LogP contribution in [0.15, 0.2) is 29.4 Å². The van der Waals surface area contributed by atoms with Crippen molar-refractivity contribution >= 4 is 21.6 Å². The molecule has 25 heavy (non-hydrogen) atoms. The van der Waals surface area contributed by atoms with Gasteiger partial charge < -0.3 is 9.47 Å². The summed E-state index contributed by atoms with van der Waals surface area (Å²) < 4.78 is 29.5. The van der Waals surface area contributed by atoms with Crippen molar-refractivity contribution in [3.05, 3.63) is 35.9 Å². The van der Waals surface area contributed by atoms with E-state index in [9.17, 15) is 13.2 Å². The Kier molecular flexibility index (Phi) is 4.61. The minimum atomic E-state index is -3.67. The molecule has 1 N–H and O–H groups in total. The predicted molar refractivity (Wildman–Crippen MR) is 92.5 cm³/mol. The largest absolute Gasteiger partial charge is 0.317 e. The number of anilines is 1. The van der Waals surface area contributed by atoms with Crippen LogP contribution in [0, 0.1) is 0 Å². The molecule has 134 valence electrons. The molecular formula is C16H21N5O3S. The number of sulfonamides is 1. The first-order valence-electron chi connectivity index (χ1n) is 8.12. The van der Waals surface area contributed by atoms with Crippen molar-refractivity contribution in [1.82, 2.24) is 19.5 Å². The molecule has 0 fully saturated rings. The molecule has 9 heteroatoms. The van der Waals surface area contributed by atoms with Crippen LogP contribution in [0.5, 0.6) is 0 Å². The number of rotatable bonds is 5. The van der Waals surface area contributed by atoms with Crippen molar-refractivity contribution in [3.8, 4) is 0 Å². The summed E-state index contributed by atoms with van der Waals surface area (Å²) in [6, 6.07) is 4.89. The van der Waals surface area contributed by atoms with E-state index in [0.29, 0.717) is 18.8 Å². The van der Waals surface area contributed by atoms with Crippen LogP contribution in [0.4, 0.5) is 5.69 Å². The maximum absolute atomic E-state index is 12.6. The zero-order valence-corrected chi connectivity index (χ0v) is 15.2. The number of aromatic nitrogens is 3. The van der Waals surface area contributed by atoms with Gasteiger partial charge in [-0.25, -0.2) is 13.1 Å². The summed E-state index contributed by atoms with van der Waals surface area (Å²) in [4.78, 5) is 13.7. The lowest BCUT2D eigenvalue weighted by molar-refractivity contribution is -0.116. The standard InChI is InChI=1S/C16H21N5O3S/c1-4-20-10-17-19-16(20)9-18-25(23,24)14-5-6-15-13(8-14)7-11(2)21(15)12(3)22/h5-6,8,10-11,18H,4,7,9H2,1-3H3. The average molecular weight is 363 g/mol. The van der Waals surface area contributed by atoms with E-state index in [1.165, 1.54) is 13.0 Å². The summed E-state index contributed by atoms with van der Waals surface area (Å²) in [6.07, 6.45) is 2.21. The zero-order chi connectivity index (χ0) is 18.2. The molecule has 1 aromatic heterocycles. The summed E-state index contributed by atoms with van der Waals surface area (Å²) >= 11 is 0. The van der Waals surface area contributed by atoms with Gasteiger partial charge in [0.15, 0.2) is 0 Å².